The molecule has 0 aliphatic carbocycles. The van der Waals surface area contributed by atoms with Crippen molar-refractivity contribution >= 4 is 10.0 Å². The minimum Gasteiger partial charge on any atom is -0.395 e. The molecule has 5 atom stereocenters. The number of likely N-dealkylation sites (tertiary alicyclic amines) is 1. The monoisotopic (exact) mass is 642 g/mol. The van der Waals surface area contributed by atoms with Crippen molar-refractivity contribution in [1.29, 1.82) is 0 Å². The van der Waals surface area contributed by atoms with E-state index in [9.17, 15) is 18.6 Å². The van der Waals surface area contributed by atoms with E-state index in [-0.39, 0.29) is 48.8 Å². The Labute approximate surface area is 271 Å². The van der Waals surface area contributed by atoms with Gasteiger partial charge in [-0.15, -0.1) is 0 Å². The largest absolute Gasteiger partial charge is 0.395 e. The van der Waals surface area contributed by atoms with Crippen LogP contribution < -0.4 is 4.72 Å². The van der Waals surface area contributed by atoms with Gasteiger partial charge in [0, 0.05) is 30.6 Å². The second kappa shape index (κ2) is 14.6. The molecule has 8 nitrogen and oxygen atoms in total. The SMILES string of the molecule is C[C@H]1[C@@H](CN2CCC[C@H]2CO)O[C@@H](c2ccc(-c3cccc(CNS(=O)(=O)c4ccccc4)c3)cc2)O[C@H]1c1ccc(CO)cc1. The van der Waals surface area contributed by atoms with Gasteiger partial charge in [-0.2, -0.15) is 0 Å². The topological polar surface area (TPSA) is 108 Å². The average Bonchev–Trinajstić information content (AvgIpc) is 3.56. The first kappa shape index (κ1) is 32.5. The lowest BCUT2D eigenvalue weighted by atomic mass is 9.89. The molecule has 46 heavy (non-hydrogen) atoms. The number of ether oxygens (including phenoxy) is 2. The van der Waals surface area contributed by atoms with Crippen LogP contribution in [0, 0.1) is 5.92 Å². The van der Waals surface area contributed by atoms with Crippen molar-refractivity contribution in [2.45, 2.75) is 62.4 Å². The van der Waals surface area contributed by atoms with Crippen LogP contribution in [0.1, 0.15) is 54.4 Å². The fourth-order valence-electron chi connectivity index (χ4n) is 6.46. The maximum Gasteiger partial charge on any atom is 0.240 e. The summed E-state index contributed by atoms with van der Waals surface area (Å²) in [6.45, 7) is 4.14. The summed E-state index contributed by atoms with van der Waals surface area (Å²) >= 11 is 0. The van der Waals surface area contributed by atoms with Crippen molar-refractivity contribution in [3.05, 3.63) is 125 Å². The third kappa shape index (κ3) is 7.42. The summed E-state index contributed by atoms with van der Waals surface area (Å²) in [5.41, 5.74) is 5.63. The van der Waals surface area contributed by atoms with Crippen LogP contribution >= 0.6 is 0 Å². The normalized spacial score (nSPS) is 23.8. The molecule has 0 radical (unpaired) electrons. The van der Waals surface area contributed by atoms with E-state index in [0.29, 0.717) is 0 Å². The predicted molar refractivity (Wildman–Crippen MR) is 177 cm³/mol. The molecule has 9 heteroatoms. The quantitative estimate of drug-likeness (QED) is 0.196. The van der Waals surface area contributed by atoms with Crippen LogP contribution in [0.15, 0.2) is 108 Å². The number of benzene rings is 4. The van der Waals surface area contributed by atoms with Gasteiger partial charge in [0.2, 0.25) is 10.0 Å². The first-order valence-electron chi connectivity index (χ1n) is 15.9. The number of nitrogens with one attached hydrogen (secondary N) is 1. The molecule has 3 N–H and O–H groups in total. The maximum atomic E-state index is 12.7. The van der Waals surface area contributed by atoms with Crippen molar-refractivity contribution in [2.75, 3.05) is 19.7 Å². The Morgan fingerprint density at radius 3 is 2.28 bits per heavy atom. The van der Waals surface area contributed by atoms with Gasteiger partial charge in [-0.25, -0.2) is 13.1 Å². The van der Waals surface area contributed by atoms with Crippen molar-refractivity contribution in [3.8, 4) is 11.1 Å². The molecule has 0 amide bonds. The Kier molecular flexibility index (Phi) is 10.3. The molecule has 2 aliphatic rings. The molecule has 0 bridgehead atoms. The number of aliphatic hydroxyl groups is 2. The van der Waals surface area contributed by atoms with Crippen LogP contribution in [0.2, 0.25) is 0 Å². The molecule has 0 saturated carbocycles. The first-order valence-corrected chi connectivity index (χ1v) is 17.4. The fourth-order valence-corrected chi connectivity index (χ4v) is 7.50. The highest BCUT2D eigenvalue weighted by molar-refractivity contribution is 7.89. The van der Waals surface area contributed by atoms with E-state index < -0.39 is 16.3 Å². The average molecular weight is 643 g/mol. The Morgan fingerprint density at radius 1 is 0.826 bits per heavy atom. The molecule has 4 aromatic rings. The van der Waals surface area contributed by atoms with Gasteiger partial charge in [0.25, 0.3) is 0 Å². The maximum absolute atomic E-state index is 12.7. The van der Waals surface area contributed by atoms with Crippen LogP contribution in [0.5, 0.6) is 0 Å². The summed E-state index contributed by atoms with van der Waals surface area (Å²) in [6.07, 6.45) is 1.17. The van der Waals surface area contributed by atoms with Gasteiger partial charge < -0.3 is 19.7 Å². The lowest BCUT2D eigenvalue weighted by Crippen LogP contribution is -2.46. The van der Waals surface area contributed by atoms with E-state index in [1.54, 1.807) is 30.3 Å². The van der Waals surface area contributed by atoms with Crippen LogP contribution in [0.4, 0.5) is 0 Å². The Balaban J connectivity index is 1.19. The summed E-state index contributed by atoms with van der Waals surface area (Å²) in [5.74, 6) is 0.0671. The van der Waals surface area contributed by atoms with Gasteiger partial charge in [0.05, 0.1) is 30.3 Å². The molecule has 2 heterocycles. The van der Waals surface area contributed by atoms with Gasteiger partial charge >= 0.3 is 0 Å². The lowest BCUT2D eigenvalue weighted by Gasteiger charge is -2.43. The Hall–Kier alpha value is -3.41. The van der Waals surface area contributed by atoms with Crippen LogP contribution in [0.25, 0.3) is 11.1 Å². The van der Waals surface area contributed by atoms with Gasteiger partial charge in [0.15, 0.2) is 6.29 Å². The molecule has 2 fully saturated rings. The van der Waals surface area contributed by atoms with E-state index in [0.717, 1.165) is 59.3 Å². The molecule has 0 aromatic heterocycles. The van der Waals surface area contributed by atoms with Crippen LogP contribution in [0.3, 0.4) is 0 Å². The van der Waals surface area contributed by atoms with Crippen LogP contribution in [-0.4, -0.2) is 55.4 Å². The minimum atomic E-state index is -3.61. The molecule has 242 valence electrons. The predicted octanol–water partition coefficient (Wildman–Crippen LogP) is 5.57. The minimum absolute atomic E-state index is 0.00815. The smallest absolute Gasteiger partial charge is 0.240 e. The van der Waals surface area contributed by atoms with E-state index in [1.807, 2.05) is 72.8 Å². The zero-order valence-corrected chi connectivity index (χ0v) is 26.9. The summed E-state index contributed by atoms with van der Waals surface area (Å²) in [5, 5.41) is 19.5. The zero-order chi connectivity index (χ0) is 32.1. The standard InChI is InChI=1S/C37H42N2O6S/c1-26-35(23-39-20-6-9-33(39)25-41)44-37(45-36(26)30-14-12-27(24-40)13-15-30)31-18-16-29(17-19-31)32-8-5-7-28(21-32)22-38-46(42,43)34-10-3-2-4-11-34/h2-5,7-8,10-19,21,26,33,35-38,40-41H,6,9,20,22-25H2,1H3/t26-,33-,35+,36+,37+/m0/s1. The highest BCUT2D eigenvalue weighted by atomic mass is 32.2. The number of hydrogen-bond acceptors (Lipinski definition) is 7. The third-order valence-corrected chi connectivity index (χ3v) is 10.6. The highest BCUT2D eigenvalue weighted by Gasteiger charge is 2.40. The van der Waals surface area contributed by atoms with E-state index in [2.05, 4.69) is 16.5 Å². The lowest BCUT2D eigenvalue weighted by molar-refractivity contribution is -0.276. The molecule has 0 spiro atoms. The Bertz CT molecular complexity index is 1680. The van der Waals surface area contributed by atoms with Crippen molar-refractivity contribution < 1.29 is 28.1 Å². The second-order valence-electron chi connectivity index (χ2n) is 12.3. The number of nitrogens with zero attached hydrogens (tertiary/aromatic N) is 1. The first-order chi connectivity index (χ1) is 22.3. The molecular weight excluding hydrogens is 600 g/mol. The molecular formula is C37H42N2O6S. The molecule has 2 saturated heterocycles. The number of sulfonamides is 1. The summed E-state index contributed by atoms with van der Waals surface area (Å²) < 4.78 is 41.4. The van der Waals surface area contributed by atoms with Crippen molar-refractivity contribution in [3.63, 3.8) is 0 Å². The van der Waals surface area contributed by atoms with Gasteiger partial charge in [0.1, 0.15) is 0 Å². The summed E-state index contributed by atoms with van der Waals surface area (Å²) in [4.78, 5) is 2.58. The van der Waals surface area contributed by atoms with Crippen molar-refractivity contribution in [2.24, 2.45) is 5.92 Å². The van der Waals surface area contributed by atoms with Gasteiger partial charge in [-0.05, 0) is 65.4 Å². The van der Waals surface area contributed by atoms with E-state index >= 15 is 0 Å². The van der Waals surface area contributed by atoms with Gasteiger partial charge in [-0.1, -0.05) is 91.9 Å². The third-order valence-electron chi connectivity index (χ3n) is 9.21. The van der Waals surface area contributed by atoms with Crippen molar-refractivity contribution in [1.82, 2.24) is 9.62 Å². The van der Waals surface area contributed by atoms with Gasteiger partial charge in [-0.3, -0.25) is 4.90 Å². The second-order valence-corrected chi connectivity index (χ2v) is 14.0. The molecule has 4 aromatic carbocycles. The summed E-state index contributed by atoms with van der Waals surface area (Å²) in [7, 11) is -3.61. The van der Waals surface area contributed by atoms with E-state index in [1.165, 1.54) is 0 Å². The number of rotatable bonds is 11. The number of hydrogen-bond donors (Lipinski definition) is 3. The Morgan fingerprint density at radius 2 is 1.57 bits per heavy atom. The molecule has 6 rings (SSSR count). The molecule has 2 aliphatic heterocycles. The zero-order valence-electron chi connectivity index (χ0n) is 26.0. The van der Waals surface area contributed by atoms with Crippen LogP contribution in [-0.2, 0) is 32.6 Å². The number of aliphatic hydroxyl groups excluding tert-OH is 2. The molecule has 0 unspecified atom stereocenters. The summed E-state index contributed by atoms with van der Waals surface area (Å²) in [6, 6.07) is 32.4. The highest BCUT2D eigenvalue weighted by Crippen LogP contribution is 2.42. The van der Waals surface area contributed by atoms with E-state index in [4.69, 9.17) is 9.47 Å². The fraction of sp³-hybridized carbons (Fsp3) is 0.351.